The molecule has 1 heterocycles. The maximum absolute atomic E-state index is 10.4. The summed E-state index contributed by atoms with van der Waals surface area (Å²) in [7, 11) is -0.881. The van der Waals surface area contributed by atoms with Crippen LogP contribution in [0.5, 0.6) is 0 Å². The Hall–Kier alpha value is -1.53. The van der Waals surface area contributed by atoms with E-state index in [-0.39, 0.29) is 6.61 Å². The Labute approximate surface area is 86.9 Å². The molecule has 0 atom stereocenters. The van der Waals surface area contributed by atoms with Gasteiger partial charge in [-0.05, 0) is 16.6 Å². The highest BCUT2D eigenvalue weighted by Gasteiger charge is 2.27. The second-order valence-electron chi connectivity index (χ2n) is 3.30. The monoisotopic (exact) mass is 207 g/mol. The number of hydrogen-bond acceptors (Lipinski definition) is 4. The number of ether oxygens (including phenoxy) is 1. The lowest BCUT2D eigenvalue weighted by Gasteiger charge is -2.04. The molecule has 15 heavy (non-hydrogen) atoms. The van der Waals surface area contributed by atoms with E-state index in [9.17, 15) is 9.82 Å². The number of carbonyl (C=O) groups excluding carboxylic acids is 1. The van der Waals surface area contributed by atoms with Crippen molar-refractivity contribution >= 4 is 18.7 Å². The van der Waals surface area contributed by atoms with E-state index in [4.69, 9.17) is 10.4 Å². The van der Waals surface area contributed by atoms with Gasteiger partial charge in [0, 0.05) is 0 Å². The lowest BCUT2D eigenvalue weighted by Crippen LogP contribution is -2.28. The highest BCUT2D eigenvalue weighted by Crippen LogP contribution is 2.11. The van der Waals surface area contributed by atoms with Crippen molar-refractivity contribution in [2.75, 3.05) is 0 Å². The van der Waals surface area contributed by atoms with Crippen molar-refractivity contribution in [3.8, 4) is 0 Å². The lowest BCUT2D eigenvalue weighted by molar-refractivity contribution is 0.150. The normalized spacial score (nSPS) is 13.8. The predicted molar refractivity (Wildman–Crippen MR) is 53.2 cm³/mol. The van der Waals surface area contributed by atoms with Crippen LogP contribution in [-0.4, -0.2) is 18.2 Å². The average Bonchev–Trinajstić information content (AvgIpc) is 2.57. The molecule has 1 amide bonds. The molecular weight excluding hydrogens is 197 g/mol. The fourth-order valence-corrected chi connectivity index (χ4v) is 1.51. The van der Waals surface area contributed by atoms with Gasteiger partial charge in [-0.2, -0.15) is 0 Å². The van der Waals surface area contributed by atoms with Crippen LogP contribution in [0, 0.1) is 0 Å². The molecule has 5 nitrogen and oxygen atoms in total. The predicted octanol–water partition coefficient (Wildman–Crippen LogP) is -0.500. The summed E-state index contributed by atoms with van der Waals surface area (Å²) < 4.78 is 9.67. The summed E-state index contributed by atoms with van der Waals surface area (Å²) in [5, 5.41) is 9.43. The molecule has 78 valence electrons. The summed E-state index contributed by atoms with van der Waals surface area (Å²) in [6, 6.07) is 5.39. The zero-order valence-corrected chi connectivity index (χ0v) is 7.97. The minimum atomic E-state index is -0.881. The third-order valence-electron chi connectivity index (χ3n) is 2.25. The molecule has 0 saturated heterocycles. The molecule has 2 rings (SSSR count). The first kappa shape index (κ1) is 10.0. The number of carbonyl (C=O) groups is 1. The van der Waals surface area contributed by atoms with Crippen LogP contribution < -0.4 is 11.2 Å². The van der Waals surface area contributed by atoms with Gasteiger partial charge in [0.05, 0.1) is 6.61 Å². The highest BCUT2D eigenvalue weighted by molar-refractivity contribution is 6.61. The third kappa shape index (κ3) is 2.11. The Morgan fingerprint density at radius 2 is 2.47 bits per heavy atom. The molecule has 6 heteroatoms. The molecule has 0 unspecified atom stereocenters. The maximum Gasteiger partial charge on any atom is 0.491 e. The summed E-state index contributed by atoms with van der Waals surface area (Å²) in [6.45, 7) is 0.517. The van der Waals surface area contributed by atoms with Gasteiger partial charge in [-0.25, -0.2) is 4.79 Å². The number of nitrogens with two attached hydrogens (primary N) is 1. The lowest BCUT2D eigenvalue weighted by atomic mass is 9.79. The van der Waals surface area contributed by atoms with E-state index < -0.39 is 13.2 Å². The zero-order valence-electron chi connectivity index (χ0n) is 7.97. The molecule has 1 aliphatic rings. The van der Waals surface area contributed by atoms with E-state index in [1.807, 2.05) is 12.1 Å². The second kappa shape index (κ2) is 3.92. The third-order valence-corrected chi connectivity index (χ3v) is 2.25. The number of primary amides is 1. The van der Waals surface area contributed by atoms with Gasteiger partial charge in [-0.15, -0.1) is 0 Å². The van der Waals surface area contributed by atoms with E-state index >= 15 is 0 Å². The number of fused-ring (bicyclic) bond motifs is 1. The Morgan fingerprint density at radius 3 is 3.20 bits per heavy atom. The molecule has 0 radical (unpaired) electrons. The molecule has 0 aromatic heterocycles. The van der Waals surface area contributed by atoms with Gasteiger partial charge in [-0.3, -0.25) is 0 Å². The summed E-state index contributed by atoms with van der Waals surface area (Å²) in [5.41, 5.74) is 7.29. The van der Waals surface area contributed by atoms with Crippen LogP contribution in [-0.2, 0) is 22.6 Å². The standard InChI is InChI=1S/C9H10BNO4/c11-9(12)14-4-6-1-2-7-5-15-10(13)8(7)3-6/h1-3,13H,4-5H2,(H2,11,12). The zero-order chi connectivity index (χ0) is 10.8. The van der Waals surface area contributed by atoms with Crippen LogP contribution in [0.2, 0.25) is 0 Å². The molecule has 0 saturated carbocycles. The van der Waals surface area contributed by atoms with Crippen molar-refractivity contribution in [2.24, 2.45) is 5.73 Å². The molecule has 1 aromatic rings. The van der Waals surface area contributed by atoms with Crippen LogP contribution in [0.3, 0.4) is 0 Å². The van der Waals surface area contributed by atoms with Crippen LogP contribution in [0.4, 0.5) is 4.79 Å². The number of hydrogen-bond donors (Lipinski definition) is 2. The fourth-order valence-electron chi connectivity index (χ4n) is 1.51. The van der Waals surface area contributed by atoms with Crippen LogP contribution in [0.25, 0.3) is 0 Å². The van der Waals surface area contributed by atoms with Gasteiger partial charge >= 0.3 is 13.2 Å². The minimum absolute atomic E-state index is 0.106. The van der Waals surface area contributed by atoms with Crippen LogP contribution in [0.1, 0.15) is 11.1 Å². The first-order chi connectivity index (χ1) is 7.16. The van der Waals surface area contributed by atoms with E-state index in [0.717, 1.165) is 16.6 Å². The summed E-state index contributed by atoms with van der Waals surface area (Å²) >= 11 is 0. The summed E-state index contributed by atoms with van der Waals surface area (Å²) in [4.78, 5) is 10.4. The van der Waals surface area contributed by atoms with Crippen molar-refractivity contribution in [1.29, 1.82) is 0 Å². The van der Waals surface area contributed by atoms with Crippen LogP contribution >= 0.6 is 0 Å². The van der Waals surface area contributed by atoms with Gasteiger partial charge in [0.15, 0.2) is 0 Å². The number of benzene rings is 1. The van der Waals surface area contributed by atoms with Crippen molar-refractivity contribution in [3.63, 3.8) is 0 Å². The summed E-state index contributed by atoms with van der Waals surface area (Å²) in [6.07, 6.45) is -0.813. The maximum atomic E-state index is 10.4. The van der Waals surface area contributed by atoms with Crippen molar-refractivity contribution < 1.29 is 19.2 Å². The first-order valence-electron chi connectivity index (χ1n) is 4.50. The Kier molecular flexibility index (Phi) is 2.61. The van der Waals surface area contributed by atoms with Gasteiger partial charge in [0.1, 0.15) is 6.61 Å². The van der Waals surface area contributed by atoms with Crippen molar-refractivity contribution in [2.45, 2.75) is 13.2 Å². The Balaban J connectivity index is 2.14. The quantitative estimate of drug-likeness (QED) is 0.640. The van der Waals surface area contributed by atoms with Gasteiger partial charge in [0.25, 0.3) is 0 Å². The molecule has 0 fully saturated rings. The molecule has 0 spiro atoms. The highest BCUT2D eigenvalue weighted by atomic mass is 16.5. The Morgan fingerprint density at radius 1 is 1.67 bits per heavy atom. The van der Waals surface area contributed by atoms with Gasteiger partial charge in [-0.1, -0.05) is 18.2 Å². The van der Waals surface area contributed by atoms with Crippen LogP contribution in [0.15, 0.2) is 18.2 Å². The van der Waals surface area contributed by atoms with Crippen molar-refractivity contribution in [3.05, 3.63) is 29.3 Å². The topological polar surface area (TPSA) is 81.8 Å². The second-order valence-corrected chi connectivity index (χ2v) is 3.30. The molecule has 1 aliphatic heterocycles. The molecule has 3 N–H and O–H groups in total. The average molecular weight is 207 g/mol. The molecule has 0 aliphatic carbocycles. The van der Waals surface area contributed by atoms with Crippen molar-refractivity contribution in [1.82, 2.24) is 0 Å². The fraction of sp³-hybridized carbons (Fsp3) is 0.222. The minimum Gasteiger partial charge on any atom is -0.445 e. The smallest absolute Gasteiger partial charge is 0.445 e. The Bertz CT molecular complexity index is 396. The summed E-state index contributed by atoms with van der Waals surface area (Å²) in [5.74, 6) is 0. The molecular formula is C9H10BNO4. The molecule has 1 aromatic carbocycles. The largest absolute Gasteiger partial charge is 0.491 e. The van der Waals surface area contributed by atoms with E-state index in [2.05, 4.69) is 4.74 Å². The molecule has 0 bridgehead atoms. The van der Waals surface area contributed by atoms with E-state index in [1.54, 1.807) is 6.07 Å². The number of rotatable bonds is 2. The van der Waals surface area contributed by atoms with E-state index in [1.165, 1.54) is 0 Å². The first-order valence-corrected chi connectivity index (χ1v) is 4.50. The van der Waals surface area contributed by atoms with Gasteiger partial charge < -0.3 is 20.1 Å². The van der Waals surface area contributed by atoms with E-state index in [0.29, 0.717) is 6.61 Å². The SMILES string of the molecule is NC(=O)OCc1ccc2c(c1)B(O)OC2. The number of amides is 1. The van der Waals surface area contributed by atoms with Gasteiger partial charge in [0.2, 0.25) is 0 Å².